The first-order valence-corrected chi connectivity index (χ1v) is 12.4. The van der Waals surface area contributed by atoms with Gasteiger partial charge in [0, 0.05) is 22.4 Å². The molecule has 1 amide bonds. The number of aryl methyl sites for hydroxylation is 1. The highest BCUT2D eigenvalue weighted by atomic mass is 79.9. The van der Waals surface area contributed by atoms with Gasteiger partial charge in [-0.2, -0.15) is 13.5 Å². The number of carbonyl (C=O) groups is 1. The van der Waals surface area contributed by atoms with Gasteiger partial charge in [0.15, 0.2) is 5.75 Å². The average Bonchev–Trinajstić information content (AvgIpc) is 3.36. The van der Waals surface area contributed by atoms with Crippen LogP contribution in [0.5, 0.6) is 5.75 Å². The lowest BCUT2D eigenvalue weighted by molar-refractivity contribution is 0.0955. The van der Waals surface area contributed by atoms with Crippen LogP contribution in [-0.2, 0) is 10.1 Å². The lowest BCUT2D eigenvalue weighted by atomic mass is 10.1. The highest BCUT2D eigenvalue weighted by Crippen LogP contribution is 2.25. The van der Waals surface area contributed by atoms with E-state index in [-0.39, 0.29) is 10.6 Å². The van der Waals surface area contributed by atoms with Gasteiger partial charge in [-0.3, -0.25) is 4.79 Å². The van der Waals surface area contributed by atoms with Crippen molar-refractivity contribution in [1.29, 1.82) is 0 Å². The molecule has 1 aromatic heterocycles. The van der Waals surface area contributed by atoms with Crippen molar-refractivity contribution in [1.82, 2.24) is 9.99 Å². The smallest absolute Gasteiger partial charge is 0.339 e. The van der Waals surface area contributed by atoms with Crippen molar-refractivity contribution < 1.29 is 17.4 Å². The van der Waals surface area contributed by atoms with Crippen LogP contribution in [0, 0.1) is 6.92 Å². The minimum Gasteiger partial charge on any atom is -0.378 e. The largest absolute Gasteiger partial charge is 0.378 e. The van der Waals surface area contributed by atoms with Crippen LogP contribution in [0.25, 0.3) is 5.69 Å². The van der Waals surface area contributed by atoms with Gasteiger partial charge in [-0.15, -0.1) is 0 Å². The lowest BCUT2D eigenvalue weighted by Crippen LogP contribution is -2.19. The molecule has 3 aromatic carbocycles. The van der Waals surface area contributed by atoms with Gasteiger partial charge in [0.25, 0.3) is 5.91 Å². The summed E-state index contributed by atoms with van der Waals surface area (Å²) in [5.74, 6) is -0.334. The Hall–Kier alpha value is -3.69. The Morgan fingerprint density at radius 1 is 1.00 bits per heavy atom. The van der Waals surface area contributed by atoms with Crippen molar-refractivity contribution >= 4 is 38.2 Å². The summed E-state index contributed by atoms with van der Waals surface area (Å²) in [4.78, 5) is 12.8. The van der Waals surface area contributed by atoms with E-state index < -0.39 is 16.0 Å². The van der Waals surface area contributed by atoms with Crippen LogP contribution in [-0.4, -0.2) is 25.1 Å². The van der Waals surface area contributed by atoms with Crippen molar-refractivity contribution in [3.8, 4) is 11.4 Å². The van der Waals surface area contributed by atoms with Crippen LogP contribution < -0.4 is 9.61 Å². The summed E-state index contributed by atoms with van der Waals surface area (Å²) < 4.78 is 33.3. The molecule has 0 atom stereocenters. The highest BCUT2D eigenvalue weighted by molar-refractivity contribution is 9.10. The number of benzene rings is 3. The van der Waals surface area contributed by atoms with E-state index in [1.165, 1.54) is 24.4 Å². The first-order chi connectivity index (χ1) is 16.3. The summed E-state index contributed by atoms with van der Waals surface area (Å²) >= 11 is 3.36. The summed E-state index contributed by atoms with van der Waals surface area (Å²) in [6.45, 7) is 1.87. The first kappa shape index (κ1) is 23.5. The standard InChI is InChI=1S/C25H20BrN3O4S/c1-18-8-11-21(12-9-18)34(31,32)33-24-13-10-20(26)16-19(24)17-27-28-25(30)22-6-2-3-7-23(22)29-14-4-5-15-29/h2-17H,1H3,(H,28,30). The average molecular weight is 538 g/mol. The number of carbonyl (C=O) groups excluding carboxylic acids is 1. The van der Waals surface area contributed by atoms with E-state index in [2.05, 4.69) is 26.5 Å². The fourth-order valence-corrected chi connectivity index (χ4v) is 4.51. The maximum atomic E-state index is 12.8. The highest BCUT2D eigenvalue weighted by Gasteiger charge is 2.18. The molecular formula is C25H20BrN3O4S. The van der Waals surface area contributed by atoms with Gasteiger partial charge in [0.05, 0.1) is 17.5 Å². The van der Waals surface area contributed by atoms with Crippen LogP contribution in [0.3, 0.4) is 0 Å². The maximum Gasteiger partial charge on any atom is 0.339 e. The molecule has 1 heterocycles. The van der Waals surface area contributed by atoms with E-state index in [1.54, 1.807) is 36.4 Å². The summed E-state index contributed by atoms with van der Waals surface area (Å²) in [6.07, 6.45) is 5.02. The molecule has 0 radical (unpaired) electrons. The van der Waals surface area contributed by atoms with Crippen molar-refractivity contribution in [2.75, 3.05) is 0 Å². The Balaban J connectivity index is 1.55. The van der Waals surface area contributed by atoms with Crippen molar-refractivity contribution in [2.24, 2.45) is 5.10 Å². The number of nitrogens with zero attached hydrogens (tertiary/aromatic N) is 2. The SMILES string of the molecule is Cc1ccc(S(=O)(=O)Oc2ccc(Br)cc2C=NNC(=O)c2ccccc2-n2cccc2)cc1. The van der Waals surface area contributed by atoms with Gasteiger partial charge < -0.3 is 8.75 Å². The summed E-state index contributed by atoms with van der Waals surface area (Å²) in [5.41, 5.74) is 4.93. The second-order valence-corrected chi connectivity index (χ2v) is 9.80. The number of hydrogen-bond donors (Lipinski definition) is 1. The molecule has 0 saturated heterocycles. The molecule has 0 aliphatic carbocycles. The van der Waals surface area contributed by atoms with E-state index in [0.717, 1.165) is 5.56 Å². The molecule has 0 fully saturated rings. The molecule has 0 bridgehead atoms. The molecule has 4 aromatic rings. The fraction of sp³-hybridized carbons (Fsp3) is 0.0400. The number of aromatic nitrogens is 1. The Morgan fingerprint density at radius 3 is 2.44 bits per heavy atom. The van der Waals surface area contributed by atoms with Crippen LogP contribution in [0.1, 0.15) is 21.5 Å². The zero-order chi connectivity index (χ0) is 24.1. The number of rotatable bonds is 7. The number of hydrazone groups is 1. The van der Waals surface area contributed by atoms with Gasteiger partial charge in [0.1, 0.15) is 4.90 Å². The number of hydrogen-bond acceptors (Lipinski definition) is 5. The second kappa shape index (κ2) is 10.1. The second-order valence-electron chi connectivity index (χ2n) is 7.34. The minimum absolute atomic E-state index is 0.0406. The van der Waals surface area contributed by atoms with Crippen LogP contribution >= 0.6 is 15.9 Å². The summed E-state index contributed by atoms with van der Waals surface area (Å²) in [6, 6.07) is 22.0. The Labute approximate surface area is 206 Å². The normalized spacial score (nSPS) is 11.5. The molecule has 0 spiro atoms. The van der Waals surface area contributed by atoms with Crippen molar-refractivity contribution in [3.63, 3.8) is 0 Å². The van der Waals surface area contributed by atoms with Gasteiger partial charge in [-0.25, -0.2) is 5.43 Å². The molecule has 0 unspecified atom stereocenters. The summed E-state index contributed by atoms with van der Waals surface area (Å²) in [5, 5.41) is 4.03. The van der Waals surface area contributed by atoms with Gasteiger partial charge in [-0.05, 0) is 61.5 Å². The topological polar surface area (TPSA) is 89.8 Å². The molecule has 1 N–H and O–H groups in total. The molecule has 172 valence electrons. The van der Waals surface area contributed by atoms with E-state index in [0.29, 0.717) is 21.3 Å². The van der Waals surface area contributed by atoms with E-state index >= 15 is 0 Å². The zero-order valence-electron chi connectivity index (χ0n) is 18.1. The van der Waals surface area contributed by atoms with Gasteiger partial charge in [0.2, 0.25) is 0 Å². The molecule has 0 saturated carbocycles. The van der Waals surface area contributed by atoms with Crippen LogP contribution in [0.4, 0.5) is 0 Å². The Bertz CT molecular complexity index is 1450. The van der Waals surface area contributed by atoms with Crippen LogP contribution in [0.2, 0.25) is 0 Å². The molecule has 34 heavy (non-hydrogen) atoms. The summed E-state index contributed by atoms with van der Waals surface area (Å²) in [7, 11) is -4.05. The number of nitrogens with one attached hydrogen (secondary N) is 1. The third-order valence-corrected chi connectivity index (χ3v) is 6.62. The number of para-hydroxylation sites is 1. The van der Waals surface area contributed by atoms with E-state index in [1.807, 2.05) is 48.1 Å². The van der Waals surface area contributed by atoms with E-state index in [4.69, 9.17) is 4.18 Å². The first-order valence-electron chi connectivity index (χ1n) is 10.2. The molecular weight excluding hydrogens is 518 g/mol. The van der Waals surface area contributed by atoms with Gasteiger partial charge >= 0.3 is 10.1 Å². The molecule has 7 nitrogen and oxygen atoms in total. The zero-order valence-corrected chi connectivity index (χ0v) is 20.5. The molecule has 9 heteroatoms. The molecule has 0 aliphatic heterocycles. The monoisotopic (exact) mass is 537 g/mol. The number of amides is 1. The Kier molecular flexibility index (Phi) is 6.95. The number of halogens is 1. The minimum atomic E-state index is -4.05. The molecule has 0 aliphatic rings. The van der Waals surface area contributed by atoms with Crippen molar-refractivity contribution in [2.45, 2.75) is 11.8 Å². The Morgan fingerprint density at radius 2 is 1.71 bits per heavy atom. The third-order valence-electron chi connectivity index (χ3n) is 4.88. The van der Waals surface area contributed by atoms with Crippen LogP contribution in [0.15, 0.2) is 106 Å². The lowest BCUT2D eigenvalue weighted by Gasteiger charge is -2.11. The van der Waals surface area contributed by atoms with Crippen molar-refractivity contribution in [3.05, 3.63) is 112 Å². The molecule has 4 rings (SSSR count). The fourth-order valence-electron chi connectivity index (χ4n) is 3.17. The van der Waals surface area contributed by atoms with Gasteiger partial charge in [-0.1, -0.05) is 45.8 Å². The van der Waals surface area contributed by atoms with E-state index in [9.17, 15) is 13.2 Å². The quantitative estimate of drug-likeness (QED) is 0.202. The predicted octanol–water partition coefficient (Wildman–Crippen LogP) is 5.08. The predicted molar refractivity (Wildman–Crippen MR) is 134 cm³/mol. The third kappa shape index (κ3) is 5.44. The maximum absolute atomic E-state index is 12.8.